The highest BCUT2D eigenvalue weighted by molar-refractivity contribution is 5.87. The highest BCUT2D eigenvalue weighted by atomic mass is 16.5. The molecule has 3 aromatic heterocycles. The van der Waals surface area contributed by atoms with E-state index < -0.39 is 12.1 Å². The molecule has 54 heavy (non-hydrogen) atoms. The highest BCUT2D eigenvalue weighted by Crippen LogP contribution is 2.58. The summed E-state index contributed by atoms with van der Waals surface area (Å²) >= 11 is 0. The third-order valence-electron chi connectivity index (χ3n) is 11.5. The normalized spacial score (nSPS) is 19.9. The summed E-state index contributed by atoms with van der Waals surface area (Å²) in [5.74, 6) is 8.66. The molecule has 2 aromatic carbocycles. The average Bonchev–Trinajstić information content (AvgIpc) is 3.85. The summed E-state index contributed by atoms with van der Waals surface area (Å²) in [6, 6.07) is 16.0. The number of amides is 3. The van der Waals surface area contributed by atoms with Crippen LogP contribution in [0.25, 0.3) is 22.3 Å². The van der Waals surface area contributed by atoms with Crippen molar-refractivity contribution in [1.82, 2.24) is 35.1 Å². The molecule has 8 rings (SSSR count). The summed E-state index contributed by atoms with van der Waals surface area (Å²) in [5, 5.41) is 2.60. The fraction of sp³-hybridized carbons (Fsp3) is 0.405. The van der Waals surface area contributed by atoms with Gasteiger partial charge in [-0.05, 0) is 91.5 Å². The molecule has 12 nitrogen and oxygen atoms in total. The van der Waals surface area contributed by atoms with Crippen LogP contribution in [0.5, 0.6) is 0 Å². The minimum absolute atomic E-state index is 0.0233. The smallest absolute Gasteiger partial charge is 0.407 e. The Hall–Kier alpha value is -5.83. The molecule has 0 radical (unpaired) electrons. The first-order valence-electron chi connectivity index (χ1n) is 18.8. The number of fused-ring (bicyclic) bond motifs is 1. The molecule has 3 fully saturated rings. The molecule has 1 aliphatic carbocycles. The van der Waals surface area contributed by atoms with Gasteiger partial charge in [-0.1, -0.05) is 44.7 Å². The maximum Gasteiger partial charge on any atom is 0.407 e. The number of aromatic nitrogens is 4. The number of nitrogens with zero attached hydrogens (tertiary/aromatic N) is 4. The van der Waals surface area contributed by atoms with E-state index in [1.807, 2.05) is 49.4 Å². The fourth-order valence-electron chi connectivity index (χ4n) is 7.78. The first-order chi connectivity index (χ1) is 26.1. The summed E-state index contributed by atoms with van der Waals surface area (Å²) in [5.41, 5.74) is 5.56. The number of H-pyrrole nitrogens is 2. The number of nitrogens with one attached hydrogen (secondary N) is 3. The van der Waals surface area contributed by atoms with Crippen molar-refractivity contribution in [3.63, 3.8) is 0 Å². The standard InChI is InChI=1S/C42H45N7O5/c1-25(2)26(3)39(50)49-24-42(17-18-42)22-34(49)38-44-30-16-13-28(21-31(30)45-38)10-9-27-11-14-29(15-12-27)32-23-43-37(46-32)33-7-5-19-48(33)40(51)36(47-41(52)53-4)35-8-6-20-54-35/h6,8,11-16,20-21,23,25-26,33-34,36H,5,7,17-19,22,24H2,1-4H3,(H,43,46)(H,44,45)(H,47,52)/t26-,33-,34-,36+/m0/s1. The first kappa shape index (κ1) is 35.2. The van der Waals surface area contributed by atoms with E-state index in [1.54, 1.807) is 23.2 Å². The lowest BCUT2D eigenvalue weighted by Crippen LogP contribution is -2.42. The minimum atomic E-state index is -1.01. The number of hydrogen-bond acceptors (Lipinski definition) is 7. The Morgan fingerprint density at radius 3 is 2.46 bits per heavy atom. The van der Waals surface area contributed by atoms with Gasteiger partial charge in [-0.15, -0.1) is 0 Å². The number of rotatable bonds is 8. The summed E-state index contributed by atoms with van der Waals surface area (Å²) < 4.78 is 10.2. The van der Waals surface area contributed by atoms with E-state index in [1.165, 1.54) is 26.2 Å². The third-order valence-corrected chi connectivity index (χ3v) is 11.5. The zero-order valence-electron chi connectivity index (χ0n) is 31.0. The molecule has 2 aliphatic heterocycles. The van der Waals surface area contributed by atoms with Gasteiger partial charge < -0.3 is 34.2 Å². The molecule has 3 aliphatic rings. The molecule has 3 amide bonds. The van der Waals surface area contributed by atoms with Gasteiger partial charge in [0, 0.05) is 30.1 Å². The number of furan rings is 1. The van der Waals surface area contributed by atoms with E-state index in [0.717, 1.165) is 65.0 Å². The number of carbonyl (C=O) groups excluding carboxylic acids is 3. The predicted molar refractivity (Wildman–Crippen MR) is 202 cm³/mol. The minimum Gasteiger partial charge on any atom is -0.467 e. The third kappa shape index (κ3) is 6.86. The summed E-state index contributed by atoms with van der Waals surface area (Å²) in [6.07, 6.45) is 7.39. The Bertz CT molecular complexity index is 2240. The zero-order chi connectivity index (χ0) is 37.6. The number of carbonyl (C=O) groups is 3. The van der Waals surface area contributed by atoms with Crippen molar-refractivity contribution in [3.8, 4) is 23.1 Å². The van der Waals surface area contributed by atoms with Crippen LogP contribution in [-0.2, 0) is 14.3 Å². The van der Waals surface area contributed by atoms with Crippen molar-refractivity contribution in [1.29, 1.82) is 0 Å². The van der Waals surface area contributed by atoms with Crippen LogP contribution in [0, 0.1) is 29.1 Å². The molecule has 1 spiro atoms. The Morgan fingerprint density at radius 1 is 0.963 bits per heavy atom. The van der Waals surface area contributed by atoms with Gasteiger partial charge in [0.1, 0.15) is 17.4 Å². The largest absolute Gasteiger partial charge is 0.467 e. The van der Waals surface area contributed by atoms with Crippen molar-refractivity contribution in [2.75, 3.05) is 20.2 Å². The Labute approximate surface area is 314 Å². The molecule has 12 heteroatoms. The van der Waals surface area contributed by atoms with E-state index in [4.69, 9.17) is 14.1 Å². The number of methoxy groups -OCH3 is 1. The van der Waals surface area contributed by atoms with Crippen LogP contribution in [0.2, 0.25) is 0 Å². The van der Waals surface area contributed by atoms with Crippen LogP contribution in [0.1, 0.15) is 99.5 Å². The van der Waals surface area contributed by atoms with Crippen LogP contribution in [0.15, 0.2) is 71.5 Å². The number of benzene rings is 2. The van der Waals surface area contributed by atoms with Crippen molar-refractivity contribution in [2.45, 2.75) is 71.0 Å². The predicted octanol–water partition coefficient (Wildman–Crippen LogP) is 7.05. The molecule has 4 atom stereocenters. The van der Waals surface area contributed by atoms with Gasteiger partial charge in [-0.3, -0.25) is 9.59 Å². The van der Waals surface area contributed by atoms with Gasteiger partial charge in [-0.2, -0.15) is 0 Å². The van der Waals surface area contributed by atoms with Gasteiger partial charge in [0.25, 0.3) is 5.91 Å². The van der Waals surface area contributed by atoms with Crippen LogP contribution in [0.3, 0.4) is 0 Å². The Balaban J connectivity index is 0.948. The van der Waals surface area contributed by atoms with Gasteiger partial charge in [-0.25, -0.2) is 14.8 Å². The quantitative estimate of drug-likeness (QED) is 0.145. The average molecular weight is 728 g/mol. The van der Waals surface area contributed by atoms with Crippen molar-refractivity contribution in [3.05, 3.63) is 95.6 Å². The molecule has 0 unspecified atom stereocenters. The molecule has 0 bridgehead atoms. The molecule has 5 heterocycles. The first-order valence-corrected chi connectivity index (χ1v) is 18.8. The molecule has 3 N–H and O–H groups in total. The molecule has 5 aromatic rings. The number of likely N-dealkylation sites (tertiary alicyclic amines) is 2. The highest BCUT2D eigenvalue weighted by Gasteiger charge is 2.54. The summed E-state index contributed by atoms with van der Waals surface area (Å²) in [7, 11) is 1.25. The second-order valence-corrected chi connectivity index (χ2v) is 15.4. The SMILES string of the molecule is COC(=O)N[C@@H](C(=O)N1CCC[C@H]1c1ncc(-c2ccc(C#Cc3ccc4nc([C@@H]5CC6(CC6)CN5C(=O)[C@@H](C)C(C)C)[nH]c4c3)cc2)[nH]1)c1ccco1. The lowest BCUT2D eigenvalue weighted by Gasteiger charge is -2.28. The molecule has 2 saturated heterocycles. The van der Waals surface area contributed by atoms with E-state index in [2.05, 4.69) is 50.9 Å². The van der Waals surface area contributed by atoms with E-state index in [0.29, 0.717) is 24.0 Å². The monoisotopic (exact) mass is 727 g/mol. The van der Waals surface area contributed by atoms with Crippen molar-refractivity contribution >= 4 is 28.9 Å². The van der Waals surface area contributed by atoms with Crippen LogP contribution in [0.4, 0.5) is 4.79 Å². The second-order valence-electron chi connectivity index (χ2n) is 15.4. The van der Waals surface area contributed by atoms with Gasteiger partial charge in [0.05, 0.1) is 48.4 Å². The maximum atomic E-state index is 13.7. The number of alkyl carbamates (subject to hydrolysis) is 1. The number of aromatic amines is 2. The molecule has 1 saturated carbocycles. The molecular weight excluding hydrogens is 683 g/mol. The maximum absolute atomic E-state index is 13.7. The summed E-state index contributed by atoms with van der Waals surface area (Å²) in [6.45, 7) is 7.61. The Kier molecular flexibility index (Phi) is 9.26. The van der Waals surface area contributed by atoms with E-state index in [9.17, 15) is 14.4 Å². The fourth-order valence-corrected chi connectivity index (χ4v) is 7.78. The van der Waals surface area contributed by atoms with Gasteiger partial charge in [0.15, 0.2) is 6.04 Å². The number of hydrogen-bond donors (Lipinski definition) is 3. The second kappa shape index (κ2) is 14.2. The molecule has 278 valence electrons. The van der Waals surface area contributed by atoms with E-state index >= 15 is 0 Å². The van der Waals surface area contributed by atoms with Crippen molar-refractivity contribution < 1.29 is 23.5 Å². The van der Waals surface area contributed by atoms with Gasteiger partial charge >= 0.3 is 6.09 Å². The number of ether oxygens (including phenoxy) is 1. The number of imidazole rings is 2. The zero-order valence-corrected chi connectivity index (χ0v) is 31.0. The van der Waals surface area contributed by atoms with Crippen LogP contribution in [-0.4, -0.2) is 67.8 Å². The van der Waals surface area contributed by atoms with Gasteiger partial charge in [0.2, 0.25) is 5.91 Å². The lowest BCUT2D eigenvalue weighted by molar-refractivity contribution is -0.137. The summed E-state index contributed by atoms with van der Waals surface area (Å²) in [4.78, 5) is 59.6. The van der Waals surface area contributed by atoms with Crippen LogP contribution >= 0.6 is 0 Å². The van der Waals surface area contributed by atoms with Crippen molar-refractivity contribution in [2.24, 2.45) is 17.3 Å². The lowest BCUT2D eigenvalue weighted by atomic mass is 9.96. The molecular formula is C42H45N7O5. The van der Waals surface area contributed by atoms with E-state index in [-0.39, 0.29) is 35.2 Å². The van der Waals surface area contributed by atoms with Crippen LogP contribution < -0.4 is 5.32 Å². The Morgan fingerprint density at radius 2 is 1.74 bits per heavy atom. The topological polar surface area (TPSA) is 149 Å².